The minimum Gasteiger partial charge on any atom is -0.497 e. The molecule has 41 heavy (non-hydrogen) atoms. The van der Waals surface area contributed by atoms with Crippen LogP contribution in [-0.2, 0) is 14.3 Å². The average Bonchev–Trinajstić information content (AvgIpc) is 3.38. The van der Waals surface area contributed by atoms with Gasteiger partial charge in [-0.1, -0.05) is 60.2 Å². The van der Waals surface area contributed by atoms with E-state index in [2.05, 4.69) is 5.32 Å². The van der Waals surface area contributed by atoms with Crippen LogP contribution >= 0.6 is 0 Å². The Kier molecular flexibility index (Phi) is 8.81. The Bertz CT molecular complexity index is 1350. The Hall–Kier alpha value is -4.01. The van der Waals surface area contributed by atoms with Crippen molar-refractivity contribution in [2.24, 2.45) is 5.92 Å². The van der Waals surface area contributed by atoms with Crippen molar-refractivity contribution in [1.29, 1.82) is 0 Å². The van der Waals surface area contributed by atoms with Gasteiger partial charge in [-0.25, -0.2) is 0 Å². The first-order valence-corrected chi connectivity index (χ1v) is 14.0. The van der Waals surface area contributed by atoms with Crippen LogP contribution in [0.4, 0.5) is 0 Å². The van der Waals surface area contributed by atoms with Gasteiger partial charge in [-0.15, -0.1) is 0 Å². The third kappa shape index (κ3) is 5.76. The molecule has 5 rings (SSSR count). The molecule has 0 saturated carbocycles. The second-order valence-electron chi connectivity index (χ2n) is 10.7. The van der Waals surface area contributed by atoms with E-state index in [0.717, 1.165) is 16.7 Å². The number of likely N-dealkylation sites (tertiary alicyclic amines) is 1. The van der Waals surface area contributed by atoms with Crippen LogP contribution < -0.4 is 10.1 Å². The Morgan fingerprint density at radius 3 is 2.12 bits per heavy atom. The molecule has 2 aliphatic heterocycles. The number of rotatable bonds is 8. The number of piperazine rings is 1. The molecule has 2 fully saturated rings. The summed E-state index contributed by atoms with van der Waals surface area (Å²) in [5.41, 5.74) is 3.22. The highest BCUT2D eigenvalue weighted by atomic mass is 16.5. The first-order valence-electron chi connectivity index (χ1n) is 14.0. The lowest BCUT2D eigenvalue weighted by Crippen LogP contribution is -2.55. The van der Waals surface area contributed by atoms with Crippen molar-refractivity contribution < 1.29 is 23.9 Å². The fraction of sp³-hybridized carbons (Fsp3) is 0.364. The minimum atomic E-state index is -0.878. The monoisotopic (exact) mass is 555 g/mol. The number of amides is 2. The predicted octanol–water partition coefficient (Wildman–Crippen LogP) is 3.62. The molecule has 4 atom stereocenters. The van der Waals surface area contributed by atoms with Gasteiger partial charge in [0.1, 0.15) is 18.4 Å². The number of carbonyl (C=O) groups excluding carboxylic acids is 3. The largest absolute Gasteiger partial charge is 0.497 e. The van der Waals surface area contributed by atoms with Crippen molar-refractivity contribution in [3.63, 3.8) is 0 Å². The minimum absolute atomic E-state index is 0.127. The van der Waals surface area contributed by atoms with Gasteiger partial charge in [-0.05, 0) is 42.3 Å². The van der Waals surface area contributed by atoms with Crippen LogP contribution in [0.1, 0.15) is 39.0 Å². The molecule has 4 unspecified atom stereocenters. The van der Waals surface area contributed by atoms with Crippen LogP contribution in [0.15, 0.2) is 78.9 Å². The van der Waals surface area contributed by atoms with Gasteiger partial charge in [0.05, 0.1) is 19.1 Å². The zero-order valence-corrected chi connectivity index (χ0v) is 23.8. The number of ketones is 1. The Balaban J connectivity index is 1.73. The van der Waals surface area contributed by atoms with Crippen molar-refractivity contribution >= 4 is 17.6 Å². The molecule has 8 heteroatoms. The van der Waals surface area contributed by atoms with Gasteiger partial charge in [-0.3, -0.25) is 14.4 Å². The predicted molar refractivity (Wildman–Crippen MR) is 156 cm³/mol. The summed E-state index contributed by atoms with van der Waals surface area (Å²) < 4.78 is 10.6. The van der Waals surface area contributed by atoms with Crippen LogP contribution in [-0.4, -0.2) is 80.4 Å². The zero-order valence-electron chi connectivity index (χ0n) is 23.8. The number of Topliss-reactive ketones (excluding diaryl/α,β-unsaturated/α-hetero) is 1. The number of nitrogens with one attached hydrogen (secondary N) is 1. The second-order valence-corrected chi connectivity index (χ2v) is 10.7. The molecule has 8 nitrogen and oxygen atoms in total. The number of nitrogens with zero attached hydrogens (tertiary/aromatic N) is 2. The van der Waals surface area contributed by atoms with Crippen molar-refractivity contribution in [3.05, 3.63) is 101 Å². The van der Waals surface area contributed by atoms with Crippen molar-refractivity contribution in [2.75, 3.05) is 47.0 Å². The lowest BCUT2D eigenvalue weighted by atomic mass is 9.76. The number of carbonyl (C=O) groups is 3. The van der Waals surface area contributed by atoms with E-state index in [9.17, 15) is 14.4 Å². The van der Waals surface area contributed by atoms with E-state index in [0.29, 0.717) is 37.5 Å². The number of benzene rings is 3. The van der Waals surface area contributed by atoms with Crippen LogP contribution in [0.25, 0.3) is 0 Å². The number of ether oxygens (including phenoxy) is 2. The van der Waals surface area contributed by atoms with Crippen molar-refractivity contribution in [3.8, 4) is 5.75 Å². The molecule has 0 spiro atoms. The highest BCUT2D eigenvalue weighted by molar-refractivity contribution is 6.02. The first kappa shape index (κ1) is 28.5. The van der Waals surface area contributed by atoms with Gasteiger partial charge in [0.25, 0.3) is 0 Å². The van der Waals surface area contributed by atoms with E-state index < -0.39 is 23.9 Å². The fourth-order valence-corrected chi connectivity index (χ4v) is 6.22. The smallest absolute Gasteiger partial charge is 0.249 e. The van der Waals surface area contributed by atoms with E-state index in [-0.39, 0.29) is 24.2 Å². The number of aryl methyl sites for hydroxylation is 1. The second kappa shape index (κ2) is 12.7. The molecule has 214 valence electrons. The SMILES string of the molecule is COCC(=O)N1C(C(=O)N2CCNCC2)C(c2ccccc2)C(C(=O)c2ccc(OC)cc2)C1c1ccc(C)cc1. The third-order valence-electron chi connectivity index (χ3n) is 8.18. The van der Waals surface area contributed by atoms with Crippen LogP contribution in [0.5, 0.6) is 5.75 Å². The molecular formula is C33H37N3O5. The van der Waals surface area contributed by atoms with E-state index >= 15 is 0 Å². The Morgan fingerprint density at radius 1 is 0.854 bits per heavy atom. The molecule has 0 aliphatic carbocycles. The molecule has 2 amide bonds. The maximum absolute atomic E-state index is 14.6. The molecule has 3 aromatic rings. The summed E-state index contributed by atoms with van der Waals surface area (Å²) in [6.07, 6.45) is 0. The molecule has 0 radical (unpaired) electrons. The summed E-state index contributed by atoms with van der Waals surface area (Å²) in [6, 6.07) is 23.0. The zero-order chi connectivity index (χ0) is 28.9. The fourth-order valence-electron chi connectivity index (χ4n) is 6.22. The summed E-state index contributed by atoms with van der Waals surface area (Å²) >= 11 is 0. The van der Waals surface area contributed by atoms with Gasteiger partial charge < -0.3 is 24.6 Å². The molecular weight excluding hydrogens is 518 g/mol. The van der Waals surface area contributed by atoms with Crippen molar-refractivity contribution in [1.82, 2.24) is 15.1 Å². The average molecular weight is 556 g/mol. The number of methoxy groups -OCH3 is 2. The quantitative estimate of drug-likeness (QED) is 0.428. The summed E-state index contributed by atoms with van der Waals surface area (Å²) in [5, 5.41) is 3.30. The maximum Gasteiger partial charge on any atom is 0.249 e. The normalized spacial score (nSPS) is 22.4. The summed E-state index contributed by atoms with van der Waals surface area (Å²) in [5.74, 6) is -1.24. The lowest BCUT2D eigenvalue weighted by molar-refractivity contribution is -0.148. The Morgan fingerprint density at radius 2 is 1.51 bits per heavy atom. The van der Waals surface area contributed by atoms with E-state index in [1.807, 2.05) is 66.4 Å². The molecule has 2 heterocycles. The molecule has 0 bridgehead atoms. The molecule has 2 saturated heterocycles. The first-order chi connectivity index (χ1) is 19.9. The highest BCUT2D eigenvalue weighted by Gasteiger charge is 2.58. The Labute approximate surface area is 241 Å². The highest BCUT2D eigenvalue weighted by Crippen LogP contribution is 2.51. The maximum atomic E-state index is 14.6. The van der Waals surface area contributed by atoms with Gasteiger partial charge in [0.2, 0.25) is 11.8 Å². The number of hydrogen-bond acceptors (Lipinski definition) is 6. The van der Waals surface area contributed by atoms with Crippen LogP contribution in [0, 0.1) is 12.8 Å². The standard InChI is InChI=1S/C33H37N3O5/c1-22-9-11-24(12-10-22)30-29(32(38)25-13-15-26(41-3)16-14-25)28(23-7-5-4-6-8-23)31(36(30)27(37)21-40-2)33(39)35-19-17-34-18-20-35/h4-16,28-31,34H,17-21H2,1-3H3. The van der Waals surface area contributed by atoms with E-state index in [4.69, 9.17) is 9.47 Å². The van der Waals surface area contributed by atoms with Gasteiger partial charge >= 0.3 is 0 Å². The molecule has 1 N–H and O–H groups in total. The summed E-state index contributed by atoms with van der Waals surface area (Å²) in [6.45, 7) is 4.23. The number of hydrogen-bond donors (Lipinski definition) is 1. The molecule has 0 aromatic heterocycles. The summed E-state index contributed by atoms with van der Waals surface area (Å²) in [7, 11) is 3.05. The topological polar surface area (TPSA) is 88.2 Å². The van der Waals surface area contributed by atoms with Crippen LogP contribution in [0.2, 0.25) is 0 Å². The van der Waals surface area contributed by atoms with Gasteiger partial charge in [0, 0.05) is 44.8 Å². The third-order valence-corrected chi connectivity index (χ3v) is 8.18. The van der Waals surface area contributed by atoms with E-state index in [1.54, 1.807) is 36.3 Å². The lowest BCUT2D eigenvalue weighted by Gasteiger charge is -2.36. The van der Waals surface area contributed by atoms with Gasteiger partial charge in [0.15, 0.2) is 5.78 Å². The van der Waals surface area contributed by atoms with Crippen molar-refractivity contribution in [2.45, 2.75) is 24.9 Å². The molecule has 3 aromatic carbocycles. The van der Waals surface area contributed by atoms with E-state index in [1.165, 1.54) is 7.11 Å². The van der Waals surface area contributed by atoms with Crippen LogP contribution in [0.3, 0.4) is 0 Å². The molecule has 2 aliphatic rings. The summed E-state index contributed by atoms with van der Waals surface area (Å²) in [4.78, 5) is 46.5. The van der Waals surface area contributed by atoms with Gasteiger partial charge in [-0.2, -0.15) is 0 Å².